The number of anilines is 1. The summed E-state index contributed by atoms with van der Waals surface area (Å²) < 4.78 is 0. The maximum Gasteiger partial charge on any atom is 0.327 e. The average Bonchev–Trinajstić information content (AvgIpc) is 3.34. The molecule has 2 aliphatic heterocycles. The molecule has 1 aromatic heterocycles. The van der Waals surface area contributed by atoms with E-state index in [1.54, 1.807) is 17.3 Å². The van der Waals surface area contributed by atoms with Crippen molar-refractivity contribution in [2.75, 3.05) is 24.5 Å². The molecule has 0 unspecified atom stereocenters. The monoisotopic (exact) mass is 335 g/mol. The number of carbonyl (C=O) groups excluding carboxylic acids is 2. The van der Waals surface area contributed by atoms with Gasteiger partial charge in [-0.2, -0.15) is 0 Å². The first-order valence-electron chi connectivity index (χ1n) is 7.98. The number of aromatic nitrogens is 2. The van der Waals surface area contributed by atoms with E-state index in [1.807, 2.05) is 0 Å². The lowest BCUT2D eigenvalue weighted by Crippen LogP contribution is -2.47. The molecule has 3 amide bonds. The largest absolute Gasteiger partial charge is 0.341 e. The number of carbonyl (C=O) groups is 2. The summed E-state index contributed by atoms with van der Waals surface area (Å²) in [6, 6.07) is 0.181. The fourth-order valence-corrected chi connectivity index (χ4v) is 3.46. The molecule has 122 valence electrons. The van der Waals surface area contributed by atoms with E-state index in [1.165, 1.54) is 4.90 Å². The number of rotatable bonds is 3. The highest BCUT2D eigenvalue weighted by Gasteiger charge is 2.47. The fraction of sp³-hybridized carbons (Fsp3) is 0.600. The number of nitrogens with zero attached hydrogens (tertiary/aromatic N) is 5. The van der Waals surface area contributed by atoms with Crippen LogP contribution in [0.5, 0.6) is 0 Å². The van der Waals surface area contributed by atoms with Gasteiger partial charge in [-0.25, -0.2) is 14.8 Å². The lowest BCUT2D eigenvalue weighted by Gasteiger charge is -2.36. The van der Waals surface area contributed by atoms with Crippen molar-refractivity contribution in [1.82, 2.24) is 19.8 Å². The van der Waals surface area contributed by atoms with Crippen LogP contribution in [0.15, 0.2) is 12.4 Å². The van der Waals surface area contributed by atoms with Crippen molar-refractivity contribution in [2.24, 2.45) is 0 Å². The van der Waals surface area contributed by atoms with E-state index in [4.69, 9.17) is 11.6 Å². The van der Waals surface area contributed by atoms with E-state index < -0.39 is 0 Å². The summed E-state index contributed by atoms with van der Waals surface area (Å²) in [5.74, 6) is 0.622. The molecule has 8 heteroatoms. The predicted octanol–water partition coefficient (Wildman–Crippen LogP) is 1.53. The van der Waals surface area contributed by atoms with Crippen LogP contribution in [0.25, 0.3) is 0 Å². The van der Waals surface area contributed by atoms with Crippen LogP contribution in [-0.2, 0) is 4.79 Å². The maximum absolute atomic E-state index is 12.5. The second kappa shape index (κ2) is 5.63. The summed E-state index contributed by atoms with van der Waals surface area (Å²) in [5.41, 5.74) is 0. The molecule has 0 radical (unpaired) electrons. The van der Waals surface area contributed by atoms with Gasteiger partial charge in [0.25, 0.3) is 5.91 Å². The van der Waals surface area contributed by atoms with Gasteiger partial charge in [0, 0.05) is 25.2 Å². The molecule has 23 heavy (non-hydrogen) atoms. The van der Waals surface area contributed by atoms with E-state index in [0.29, 0.717) is 11.0 Å². The van der Waals surface area contributed by atoms with Crippen molar-refractivity contribution in [3.8, 4) is 0 Å². The summed E-state index contributed by atoms with van der Waals surface area (Å²) in [7, 11) is 0. The average molecular weight is 336 g/mol. The topological polar surface area (TPSA) is 69.6 Å². The number of amides is 3. The molecule has 2 saturated heterocycles. The molecule has 0 N–H and O–H groups in total. The van der Waals surface area contributed by atoms with Gasteiger partial charge in [-0.1, -0.05) is 11.6 Å². The number of hydrogen-bond donors (Lipinski definition) is 0. The zero-order valence-corrected chi connectivity index (χ0v) is 13.4. The summed E-state index contributed by atoms with van der Waals surface area (Å²) in [6.07, 6.45) is 6.74. The Kier molecular flexibility index (Phi) is 3.60. The minimum absolute atomic E-state index is 0.0408. The van der Waals surface area contributed by atoms with E-state index in [-0.39, 0.29) is 30.6 Å². The first-order chi connectivity index (χ1) is 11.1. The van der Waals surface area contributed by atoms with Gasteiger partial charge in [-0.05, 0) is 25.7 Å². The third kappa shape index (κ3) is 2.73. The fourth-order valence-electron chi connectivity index (χ4n) is 3.36. The number of halogens is 1. The van der Waals surface area contributed by atoms with Crippen LogP contribution in [0.2, 0.25) is 5.02 Å². The Labute approximate surface area is 139 Å². The second-order valence-electron chi connectivity index (χ2n) is 6.32. The number of hydrogen-bond acceptors (Lipinski definition) is 5. The van der Waals surface area contributed by atoms with Crippen molar-refractivity contribution < 1.29 is 9.59 Å². The van der Waals surface area contributed by atoms with Gasteiger partial charge in [-0.3, -0.25) is 9.69 Å². The lowest BCUT2D eigenvalue weighted by molar-refractivity contribution is -0.125. The molecule has 0 aromatic carbocycles. The van der Waals surface area contributed by atoms with Crippen molar-refractivity contribution in [3.05, 3.63) is 17.4 Å². The quantitative estimate of drug-likeness (QED) is 0.783. The van der Waals surface area contributed by atoms with Crippen LogP contribution >= 0.6 is 11.6 Å². The molecule has 0 atom stereocenters. The predicted molar refractivity (Wildman–Crippen MR) is 84.2 cm³/mol. The molecule has 1 aromatic rings. The Bertz CT molecular complexity index is 625. The van der Waals surface area contributed by atoms with Gasteiger partial charge in [0.15, 0.2) is 0 Å². The molecule has 3 aliphatic rings. The van der Waals surface area contributed by atoms with Crippen LogP contribution in [0, 0.1) is 0 Å². The van der Waals surface area contributed by atoms with Crippen LogP contribution in [0.3, 0.4) is 0 Å². The zero-order valence-electron chi connectivity index (χ0n) is 12.7. The number of imide groups is 1. The third-order valence-corrected chi connectivity index (χ3v) is 4.93. The minimum atomic E-state index is -0.0984. The minimum Gasteiger partial charge on any atom is -0.341 e. The Morgan fingerprint density at radius 2 is 1.65 bits per heavy atom. The summed E-state index contributed by atoms with van der Waals surface area (Å²) >= 11 is 5.81. The van der Waals surface area contributed by atoms with E-state index in [2.05, 4.69) is 14.9 Å². The van der Waals surface area contributed by atoms with Gasteiger partial charge >= 0.3 is 6.03 Å². The molecule has 3 fully saturated rings. The van der Waals surface area contributed by atoms with Crippen molar-refractivity contribution >= 4 is 29.5 Å². The third-order valence-electron chi connectivity index (χ3n) is 4.73. The van der Waals surface area contributed by atoms with Crippen molar-refractivity contribution in [3.63, 3.8) is 0 Å². The molecular weight excluding hydrogens is 318 g/mol. The SMILES string of the molecule is O=C1CN(C2CCN(c3ncc(Cl)cn3)CC2)C(=O)N1C1CC1. The molecule has 3 heterocycles. The van der Waals surface area contributed by atoms with E-state index in [9.17, 15) is 9.59 Å². The molecule has 7 nitrogen and oxygen atoms in total. The highest BCUT2D eigenvalue weighted by molar-refractivity contribution is 6.30. The summed E-state index contributed by atoms with van der Waals surface area (Å²) in [5, 5.41) is 0.518. The highest BCUT2D eigenvalue weighted by Crippen LogP contribution is 2.32. The van der Waals surface area contributed by atoms with Crippen LogP contribution < -0.4 is 4.90 Å². The van der Waals surface area contributed by atoms with Gasteiger partial charge in [0.2, 0.25) is 5.95 Å². The molecular formula is C15H18ClN5O2. The molecule has 1 saturated carbocycles. The van der Waals surface area contributed by atoms with Gasteiger partial charge < -0.3 is 9.80 Å². The van der Waals surface area contributed by atoms with Crippen LogP contribution in [0.1, 0.15) is 25.7 Å². The molecule has 4 rings (SSSR count). The van der Waals surface area contributed by atoms with Crippen molar-refractivity contribution in [1.29, 1.82) is 0 Å². The van der Waals surface area contributed by atoms with E-state index >= 15 is 0 Å². The Balaban J connectivity index is 1.39. The van der Waals surface area contributed by atoms with Gasteiger partial charge in [0.1, 0.15) is 6.54 Å². The molecule has 0 bridgehead atoms. The second-order valence-corrected chi connectivity index (χ2v) is 6.76. The normalized spacial score (nSPS) is 23.1. The standard InChI is InChI=1S/C15H18ClN5O2/c16-10-7-17-14(18-8-10)19-5-3-11(4-6-19)20-9-13(22)21(15(20)23)12-1-2-12/h7-8,11-12H,1-6,9H2. The summed E-state index contributed by atoms with van der Waals surface area (Å²) in [6.45, 7) is 1.78. The van der Waals surface area contributed by atoms with Crippen LogP contribution in [0.4, 0.5) is 10.7 Å². The smallest absolute Gasteiger partial charge is 0.327 e. The summed E-state index contributed by atoms with van der Waals surface area (Å²) in [4.78, 5) is 38.3. The number of urea groups is 1. The highest BCUT2D eigenvalue weighted by atomic mass is 35.5. The Morgan fingerprint density at radius 3 is 2.26 bits per heavy atom. The lowest BCUT2D eigenvalue weighted by atomic mass is 10.0. The maximum atomic E-state index is 12.5. The van der Waals surface area contributed by atoms with Crippen LogP contribution in [-0.4, -0.2) is 63.4 Å². The van der Waals surface area contributed by atoms with E-state index in [0.717, 1.165) is 38.8 Å². The Hall–Kier alpha value is -1.89. The van der Waals surface area contributed by atoms with Crippen molar-refractivity contribution in [2.45, 2.75) is 37.8 Å². The first kappa shape index (κ1) is 14.7. The molecule has 0 spiro atoms. The Morgan fingerprint density at radius 1 is 1.00 bits per heavy atom. The molecule has 1 aliphatic carbocycles. The van der Waals surface area contributed by atoms with Gasteiger partial charge in [-0.15, -0.1) is 0 Å². The zero-order chi connectivity index (χ0) is 16.0. The van der Waals surface area contributed by atoms with Gasteiger partial charge in [0.05, 0.1) is 17.4 Å². The first-order valence-corrected chi connectivity index (χ1v) is 8.36. The number of piperidine rings is 1.